The van der Waals surface area contributed by atoms with Crippen LogP contribution in [0.1, 0.15) is 5.56 Å². The zero-order valence-corrected chi connectivity index (χ0v) is 8.74. The second-order valence-electron chi connectivity index (χ2n) is 3.23. The van der Waals surface area contributed by atoms with Gasteiger partial charge in [0, 0.05) is 17.7 Å². The highest BCUT2D eigenvalue weighted by molar-refractivity contribution is 5.61. The average molecular weight is 222 g/mol. The van der Waals surface area contributed by atoms with Crippen molar-refractivity contribution < 1.29 is 13.7 Å². The van der Waals surface area contributed by atoms with Crippen LogP contribution in [0.5, 0.6) is 5.75 Å². The quantitative estimate of drug-likeness (QED) is 0.862. The van der Waals surface area contributed by atoms with Gasteiger partial charge < -0.3 is 15.0 Å². The highest BCUT2D eigenvalue weighted by atomic mass is 19.1. The minimum atomic E-state index is -0.445. The van der Waals surface area contributed by atoms with Crippen molar-refractivity contribution in [1.29, 1.82) is 0 Å². The van der Waals surface area contributed by atoms with Gasteiger partial charge in [0.2, 0.25) is 0 Å². The first-order chi connectivity index (χ1) is 7.76. The van der Waals surface area contributed by atoms with Crippen LogP contribution in [0.25, 0.3) is 11.3 Å². The van der Waals surface area contributed by atoms with E-state index in [1.165, 1.54) is 25.4 Å². The molecular formula is C11H11FN2O2. The van der Waals surface area contributed by atoms with E-state index >= 15 is 0 Å². The predicted molar refractivity (Wildman–Crippen MR) is 56.3 cm³/mol. The minimum Gasteiger partial charge on any atom is -0.494 e. The SMILES string of the molecule is COc1ccc(-c2oncc2CN)cc1F. The molecule has 0 amide bonds. The van der Waals surface area contributed by atoms with Crippen LogP contribution in [0, 0.1) is 5.82 Å². The number of aromatic nitrogens is 1. The number of ether oxygens (including phenoxy) is 1. The Balaban J connectivity index is 2.45. The van der Waals surface area contributed by atoms with E-state index < -0.39 is 5.82 Å². The van der Waals surface area contributed by atoms with Crippen molar-refractivity contribution in [2.75, 3.05) is 7.11 Å². The van der Waals surface area contributed by atoms with E-state index in [9.17, 15) is 4.39 Å². The van der Waals surface area contributed by atoms with Crippen molar-refractivity contribution in [3.8, 4) is 17.1 Å². The van der Waals surface area contributed by atoms with E-state index in [1.807, 2.05) is 0 Å². The van der Waals surface area contributed by atoms with Crippen LogP contribution >= 0.6 is 0 Å². The maximum Gasteiger partial charge on any atom is 0.171 e. The third-order valence-electron chi connectivity index (χ3n) is 2.28. The molecule has 2 rings (SSSR count). The van der Waals surface area contributed by atoms with Gasteiger partial charge in [0.1, 0.15) is 0 Å². The summed E-state index contributed by atoms with van der Waals surface area (Å²) in [6.07, 6.45) is 1.53. The molecule has 0 aliphatic rings. The van der Waals surface area contributed by atoms with Crippen LogP contribution in [0.15, 0.2) is 28.9 Å². The van der Waals surface area contributed by atoms with Crippen molar-refractivity contribution in [3.63, 3.8) is 0 Å². The van der Waals surface area contributed by atoms with Crippen LogP contribution in [-0.4, -0.2) is 12.3 Å². The summed E-state index contributed by atoms with van der Waals surface area (Å²) in [5.74, 6) is 0.237. The van der Waals surface area contributed by atoms with E-state index in [0.29, 0.717) is 17.9 Å². The molecule has 0 unspecified atom stereocenters. The standard InChI is InChI=1S/C11H11FN2O2/c1-15-10-3-2-7(4-9(10)12)11-8(5-13)6-14-16-11/h2-4,6H,5,13H2,1H3. The molecular weight excluding hydrogens is 211 g/mol. The fourth-order valence-electron chi connectivity index (χ4n) is 1.45. The van der Waals surface area contributed by atoms with E-state index in [2.05, 4.69) is 5.16 Å². The van der Waals surface area contributed by atoms with Crippen molar-refractivity contribution in [1.82, 2.24) is 5.16 Å². The first-order valence-corrected chi connectivity index (χ1v) is 4.73. The topological polar surface area (TPSA) is 61.3 Å². The Bertz CT molecular complexity index is 496. The molecule has 0 spiro atoms. The maximum absolute atomic E-state index is 13.5. The van der Waals surface area contributed by atoms with E-state index in [0.717, 1.165) is 5.56 Å². The van der Waals surface area contributed by atoms with Crippen molar-refractivity contribution in [2.45, 2.75) is 6.54 Å². The van der Waals surface area contributed by atoms with Gasteiger partial charge >= 0.3 is 0 Å². The number of methoxy groups -OCH3 is 1. The Hall–Kier alpha value is -1.88. The molecule has 1 aromatic heterocycles. The largest absolute Gasteiger partial charge is 0.494 e. The van der Waals surface area contributed by atoms with Gasteiger partial charge in [-0.15, -0.1) is 0 Å². The second-order valence-corrected chi connectivity index (χ2v) is 3.23. The Labute approximate surface area is 91.8 Å². The molecule has 16 heavy (non-hydrogen) atoms. The van der Waals surface area contributed by atoms with Crippen LogP contribution in [0.4, 0.5) is 4.39 Å². The molecule has 0 saturated heterocycles. The molecule has 4 nitrogen and oxygen atoms in total. The van der Waals surface area contributed by atoms with Gasteiger partial charge in [0.05, 0.1) is 13.3 Å². The number of hydrogen-bond acceptors (Lipinski definition) is 4. The smallest absolute Gasteiger partial charge is 0.171 e. The van der Waals surface area contributed by atoms with Gasteiger partial charge in [-0.05, 0) is 18.2 Å². The van der Waals surface area contributed by atoms with Crippen LogP contribution in [0.3, 0.4) is 0 Å². The Kier molecular flexibility index (Phi) is 2.87. The molecule has 0 saturated carbocycles. The molecule has 0 bridgehead atoms. The van der Waals surface area contributed by atoms with E-state index in [1.54, 1.807) is 6.07 Å². The van der Waals surface area contributed by atoms with Gasteiger partial charge in [-0.2, -0.15) is 0 Å². The molecule has 0 aliphatic carbocycles. The zero-order valence-electron chi connectivity index (χ0n) is 8.74. The highest BCUT2D eigenvalue weighted by Crippen LogP contribution is 2.27. The zero-order chi connectivity index (χ0) is 11.5. The third-order valence-corrected chi connectivity index (χ3v) is 2.28. The summed E-state index contributed by atoms with van der Waals surface area (Å²) in [4.78, 5) is 0. The number of hydrogen-bond donors (Lipinski definition) is 1. The van der Waals surface area contributed by atoms with E-state index in [4.69, 9.17) is 15.0 Å². The third kappa shape index (κ3) is 1.77. The Morgan fingerprint density at radius 2 is 2.31 bits per heavy atom. The number of halogens is 1. The predicted octanol–water partition coefficient (Wildman–Crippen LogP) is 1.95. The minimum absolute atomic E-state index is 0.192. The summed E-state index contributed by atoms with van der Waals surface area (Å²) < 4.78 is 23.3. The number of nitrogens with zero attached hydrogens (tertiary/aromatic N) is 1. The number of benzene rings is 1. The summed E-state index contributed by atoms with van der Waals surface area (Å²) in [6, 6.07) is 4.56. The van der Waals surface area contributed by atoms with Gasteiger partial charge in [-0.3, -0.25) is 0 Å². The highest BCUT2D eigenvalue weighted by Gasteiger charge is 2.12. The van der Waals surface area contributed by atoms with Crippen molar-refractivity contribution in [2.24, 2.45) is 5.73 Å². The lowest BCUT2D eigenvalue weighted by Gasteiger charge is -2.03. The normalized spacial score (nSPS) is 10.4. The van der Waals surface area contributed by atoms with Crippen LogP contribution in [0.2, 0.25) is 0 Å². The molecule has 0 aliphatic heterocycles. The summed E-state index contributed by atoms with van der Waals surface area (Å²) in [6.45, 7) is 0.298. The first kappa shape index (κ1) is 10.6. The maximum atomic E-state index is 13.5. The molecule has 2 N–H and O–H groups in total. The Morgan fingerprint density at radius 1 is 1.50 bits per heavy atom. The van der Waals surface area contributed by atoms with Gasteiger partial charge in [0.15, 0.2) is 17.3 Å². The molecule has 84 valence electrons. The summed E-state index contributed by atoms with van der Waals surface area (Å²) >= 11 is 0. The number of rotatable bonds is 3. The van der Waals surface area contributed by atoms with E-state index in [-0.39, 0.29) is 5.75 Å². The van der Waals surface area contributed by atoms with Gasteiger partial charge in [-0.1, -0.05) is 5.16 Å². The van der Waals surface area contributed by atoms with Crippen molar-refractivity contribution in [3.05, 3.63) is 35.8 Å². The Morgan fingerprint density at radius 3 is 2.94 bits per heavy atom. The molecule has 0 atom stereocenters. The van der Waals surface area contributed by atoms with Crippen LogP contribution in [-0.2, 0) is 6.54 Å². The van der Waals surface area contributed by atoms with Gasteiger partial charge in [0.25, 0.3) is 0 Å². The fourth-order valence-corrected chi connectivity index (χ4v) is 1.45. The monoisotopic (exact) mass is 222 g/mol. The molecule has 0 radical (unpaired) electrons. The lowest BCUT2D eigenvalue weighted by Crippen LogP contribution is -1.96. The molecule has 1 aromatic carbocycles. The molecule has 5 heteroatoms. The fraction of sp³-hybridized carbons (Fsp3) is 0.182. The lowest BCUT2D eigenvalue weighted by atomic mass is 10.1. The summed E-state index contributed by atoms with van der Waals surface area (Å²) in [5, 5.41) is 3.63. The van der Waals surface area contributed by atoms with Gasteiger partial charge in [-0.25, -0.2) is 4.39 Å². The van der Waals surface area contributed by atoms with Crippen molar-refractivity contribution >= 4 is 0 Å². The average Bonchev–Trinajstić information content (AvgIpc) is 2.77. The molecule has 1 heterocycles. The molecule has 0 fully saturated rings. The summed E-state index contributed by atoms with van der Waals surface area (Å²) in [5.41, 5.74) is 6.84. The second kappa shape index (κ2) is 4.32. The lowest BCUT2D eigenvalue weighted by molar-refractivity contribution is 0.386. The van der Waals surface area contributed by atoms with Crippen LogP contribution < -0.4 is 10.5 Å². The first-order valence-electron chi connectivity index (χ1n) is 4.73. The summed E-state index contributed by atoms with van der Waals surface area (Å²) in [7, 11) is 1.41. The molecule has 2 aromatic rings. The number of nitrogens with two attached hydrogens (primary N) is 1.